The first-order valence-corrected chi connectivity index (χ1v) is 8.72. The third-order valence-electron chi connectivity index (χ3n) is 4.55. The number of carbonyl (C=O) groups excluding carboxylic acids is 2. The molecular formula is C21H23N2O3+. The first-order valence-electron chi connectivity index (χ1n) is 8.72. The predicted octanol–water partition coefficient (Wildman–Crippen LogP) is 2.90. The van der Waals surface area contributed by atoms with E-state index in [9.17, 15) is 9.59 Å². The molecule has 2 N–H and O–H groups in total. The number of carbonyl (C=O) groups is 2. The fourth-order valence-corrected chi connectivity index (χ4v) is 3.14. The van der Waals surface area contributed by atoms with Gasteiger partial charge in [0.2, 0.25) is 0 Å². The number of nitrogens with two attached hydrogens (primary N) is 1. The normalized spacial score (nSPS) is 22.7. The molecule has 2 atom stereocenters. The number of allylic oxidation sites excluding steroid dienone is 1. The maximum absolute atomic E-state index is 13.1. The molecule has 2 aromatic carbocycles. The van der Waals surface area contributed by atoms with Gasteiger partial charge >= 0.3 is 11.9 Å². The number of ether oxygens (including phenoxy) is 1. The highest BCUT2D eigenvalue weighted by molar-refractivity contribution is 5.97. The molecule has 0 spiro atoms. The summed E-state index contributed by atoms with van der Waals surface area (Å²) in [5.41, 5.74) is 7.69. The summed E-state index contributed by atoms with van der Waals surface area (Å²) in [4.78, 5) is 25.6. The third kappa shape index (κ3) is 3.90. The number of benzene rings is 2. The third-order valence-corrected chi connectivity index (χ3v) is 4.55. The van der Waals surface area contributed by atoms with Gasteiger partial charge < -0.3 is 10.5 Å². The molecule has 0 aromatic heterocycles. The Hall–Kier alpha value is -2.76. The van der Waals surface area contributed by atoms with Crippen molar-refractivity contribution in [2.45, 2.75) is 25.5 Å². The van der Waals surface area contributed by atoms with Gasteiger partial charge in [-0.3, -0.25) is 0 Å². The number of nitrogens with zero attached hydrogens (tertiary/aromatic N) is 1. The van der Waals surface area contributed by atoms with Crippen molar-refractivity contribution in [1.82, 2.24) is 4.48 Å². The summed E-state index contributed by atoms with van der Waals surface area (Å²) in [6, 6.07) is 18.1. The van der Waals surface area contributed by atoms with Crippen molar-refractivity contribution < 1.29 is 14.3 Å². The Morgan fingerprint density at radius 1 is 1.08 bits per heavy atom. The van der Waals surface area contributed by atoms with Gasteiger partial charge in [-0.25, -0.2) is 9.59 Å². The van der Waals surface area contributed by atoms with Crippen molar-refractivity contribution in [3.8, 4) is 0 Å². The molecule has 134 valence electrons. The van der Waals surface area contributed by atoms with E-state index in [-0.39, 0.29) is 23.5 Å². The molecule has 0 radical (unpaired) electrons. The lowest BCUT2D eigenvalue weighted by molar-refractivity contribution is -0.148. The van der Waals surface area contributed by atoms with E-state index in [4.69, 9.17) is 10.5 Å². The Labute approximate surface area is 153 Å². The van der Waals surface area contributed by atoms with Gasteiger partial charge in [-0.1, -0.05) is 48.5 Å². The fourth-order valence-electron chi connectivity index (χ4n) is 3.14. The van der Waals surface area contributed by atoms with Gasteiger partial charge in [-0.05, 0) is 24.5 Å². The van der Waals surface area contributed by atoms with Crippen molar-refractivity contribution in [3.63, 3.8) is 0 Å². The first-order chi connectivity index (χ1) is 12.6. The van der Waals surface area contributed by atoms with Gasteiger partial charge in [0, 0.05) is 12.1 Å². The van der Waals surface area contributed by atoms with E-state index in [0.29, 0.717) is 18.5 Å². The molecule has 5 nitrogen and oxygen atoms in total. The van der Waals surface area contributed by atoms with Crippen molar-refractivity contribution in [3.05, 3.63) is 78.5 Å². The van der Waals surface area contributed by atoms with Crippen molar-refractivity contribution in [2.75, 3.05) is 6.54 Å². The van der Waals surface area contributed by atoms with Crippen molar-refractivity contribution >= 4 is 17.6 Å². The minimum atomic E-state index is -0.618. The Kier molecular flexibility index (Phi) is 5.61. The van der Waals surface area contributed by atoms with Gasteiger partial charge in [0.25, 0.3) is 0 Å². The fraction of sp³-hybridized carbons (Fsp3) is 0.238. The molecule has 3 rings (SSSR count). The smallest absolute Gasteiger partial charge is 0.363 e. The predicted molar refractivity (Wildman–Crippen MR) is 101 cm³/mol. The lowest BCUT2D eigenvalue weighted by atomic mass is 10.1. The van der Waals surface area contributed by atoms with Gasteiger partial charge in [0.1, 0.15) is 24.5 Å². The van der Waals surface area contributed by atoms with Gasteiger partial charge in [-0.2, -0.15) is 4.48 Å². The summed E-state index contributed by atoms with van der Waals surface area (Å²) in [7, 11) is 0. The molecular weight excluding hydrogens is 328 g/mol. The summed E-state index contributed by atoms with van der Waals surface area (Å²) in [6.07, 6.45) is 4.97. The van der Waals surface area contributed by atoms with E-state index in [2.05, 4.69) is 0 Å². The van der Waals surface area contributed by atoms with E-state index in [1.807, 2.05) is 66.7 Å². The lowest BCUT2D eigenvalue weighted by Crippen LogP contribution is -2.58. The zero-order valence-corrected chi connectivity index (χ0v) is 14.6. The molecule has 2 unspecified atom stereocenters. The topological polar surface area (TPSA) is 69.4 Å². The average Bonchev–Trinajstić information content (AvgIpc) is 2.82. The second-order valence-electron chi connectivity index (χ2n) is 6.42. The molecule has 26 heavy (non-hydrogen) atoms. The summed E-state index contributed by atoms with van der Waals surface area (Å²) >= 11 is 0. The van der Waals surface area contributed by atoms with E-state index in [1.54, 1.807) is 6.20 Å². The molecule has 0 bridgehead atoms. The largest absolute Gasteiger partial charge is 0.457 e. The number of hydrogen-bond donors (Lipinski definition) is 1. The number of rotatable bonds is 5. The monoisotopic (exact) mass is 351 g/mol. The highest BCUT2D eigenvalue weighted by Gasteiger charge is 2.44. The average molecular weight is 351 g/mol. The van der Waals surface area contributed by atoms with Crippen LogP contribution in [0, 0.1) is 0 Å². The SMILES string of the molecule is NC1CCC=C[N+](CC(=O)OCc2ccccc2)(c2ccccc2)C1=O. The molecule has 1 aliphatic heterocycles. The van der Waals surface area contributed by atoms with Gasteiger partial charge in [0.15, 0.2) is 6.54 Å². The summed E-state index contributed by atoms with van der Waals surface area (Å²) in [5.74, 6) is -0.633. The Bertz CT molecular complexity index is 789. The zero-order chi connectivity index (χ0) is 18.4. The zero-order valence-electron chi connectivity index (χ0n) is 14.6. The van der Waals surface area contributed by atoms with E-state index in [0.717, 1.165) is 5.56 Å². The Morgan fingerprint density at radius 2 is 1.73 bits per heavy atom. The molecule has 0 saturated carbocycles. The standard InChI is InChI=1S/C21H23N2O3/c22-19-13-7-8-14-23(21(19)25,18-11-5-2-6-12-18)15-20(24)26-16-17-9-3-1-4-10-17/h1-6,8-12,14,19H,7,13,15-16,22H2/q+1. The first kappa shape index (κ1) is 18.0. The summed E-state index contributed by atoms with van der Waals surface area (Å²) < 4.78 is 5.18. The van der Waals surface area contributed by atoms with Crippen LogP contribution >= 0.6 is 0 Å². The quantitative estimate of drug-likeness (QED) is 0.664. The number of hydrogen-bond acceptors (Lipinski definition) is 4. The number of esters is 1. The van der Waals surface area contributed by atoms with Crippen molar-refractivity contribution in [1.29, 1.82) is 0 Å². The number of quaternary nitrogens is 1. The number of amides is 1. The summed E-state index contributed by atoms with van der Waals surface area (Å²) in [6.45, 7) is 0.0678. The maximum Gasteiger partial charge on any atom is 0.363 e. The molecule has 0 saturated heterocycles. The Balaban J connectivity index is 1.84. The van der Waals surface area contributed by atoms with Crippen LogP contribution in [0.1, 0.15) is 18.4 Å². The van der Waals surface area contributed by atoms with E-state index in [1.165, 1.54) is 0 Å². The summed E-state index contributed by atoms with van der Waals surface area (Å²) in [5, 5.41) is 0. The highest BCUT2D eigenvalue weighted by Crippen LogP contribution is 2.28. The van der Waals surface area contributed by atoms with Crippen LogP contribution < -0.4 is 10.2 Å². The molecule has 1 aliphatic rings. The molecule has 0 aliphatic carbocycles. The number of para-hydroxylation sites is 1. The van der Waals surface area contributed by atoms with Crippen LogP contribution in [0.15, 0.2) is 72.9 Å². The molecule has 1 amide bonds. The highest BCUT2D eigenvalue weighted by atomic mass is 16.5. The van der Waals surface area contributed by atoms with Crippen molar-refractivity contribution in [2.24, 2.45) is 5.73 Å². The van der Waals surface area contributed by atoms with Crippen LogP contribution in [0.25, 0.3) is 0 Å². The minimum Gasteiger partial charge on any atom is -0.457 e. The van der Waals surface area contributed by atoms with Crippen LogP contribution in [0.5, 0.6) is 0 Å². The minimum absolute atomic E-state index is 0.111. The lowest BCUT2D eigenvalue weighted by Gasteiger charge is -2.31. The van der Waals surface area contributed by atoms with E-state index >= 15 is 0 Å². The van der Waals surface area contributed by atoms with Crippen LogP contribution in [0.4, 0.5) is 5.69 Å². The molecule has 0 fully saturated rings. The van der Waals surface area contributed by atoms with Gasteiger partial charge in [0.05, 0.1) is 0 Å². The molecule has 1 heterocycles. The Morgan fingerprint density at radius 3 is 2.42 bits per heavy atom. The molecule has 2 aromatic rings. The van der Waals surface area contributed by atoms with Gasteiger partial charge in [-0.15, -0.1) is 0 Å². The van der Waals surface area contributed by atoms with Crippen LogP contribution in [0.2, 0.25) is 0 Å². The second kappa shape index (κ2) is 8.08. The second-order valence-corrected chi connectivity index (χ2v) is 6.42. The van der Waals surface area contributed by atoms with Crippen LogP contribution in [0.3, 0.4) is 0 Å². The van der Waals surface area contributed by atoms with Crippen LogP contribution in [-0.4, -0.2) is 24.5 Å². The maximum atomic E-state index is 13.1. The molecule has 5 heteroatoms. The van der Waals surface area contributed by atoms with E-state index < -0.39 is 12.0 Å². The van der Waals surface area contributed by atoms with Crippen LogP contribution in [-0.2, 0) is 20.9 Å².